The van der Waals surface area contributed by atoms with Crippen molar-refractivity contribution in [3.63, 3.8) is 0 Å². The van der Waals surface area contributed by atoms with Gasteiger partial charge in [0, 0.05) is 5.92 Å². The lowest BCUT2D eigenvalue weighted by Crippen LogP contribution is -2.28. The van der Waals surface area contributed by atoms with E-state index in [1.54, 1.807) is 0 Å². The van der Waals surface area contributed by atoms with Gasteiger partial charge < -0.3 is 0 Å². The molecule has 0 amide bonds. The van der Waals surface area contributed by atoms with E-state index in [1.165, 1.54) is 0 Å². The average Bonchev–Trinajstić information content (AvgIpc) is 2.03. The van der Waals surface area contributed by atoms with Crippen molar-refractivity contribution in [2.24, 2.45) is 11.8 Å². The summed E-state index contributed by atoms with van der Waals surface area (Å²) in [6.45, 7) is 0. The predicted molar refractivity (Wildman–Crippen MR) is 40.3 cm³/mol. The van der Waals surface area contributed by atoms with Crippen LogP contribution in [0.5, 0.6) is 0 Å². The number of rotatable bonds is 0. The summed E-state index contributed by atoms with van der Waals surface area (Å²) in [6.07, 6.45) is 2.79. The molecule has 12 heavy (non-hydrogen) atoms. The van der Waals surface area contributed by atoms with Crippen LogP contribution in [0.4, 0.5) is 13.2 Å². The Labute approximate surface area is 70.1 Å². The van der Waals surface area contributed by atoms with E-state index in [0.29, 0.717) is 6.42 Å². The van der Waals surface area contributed by atoms with E-state index in [4.69, 9.17) is 6.42 Å². The molecule has 0 N–H and O–H groups in total. The first-order valence-electron chi connectivity index (χ1n) is 4.07. The van der Waals surface area contributed by atoms with E-state index < -0.39 is 12.1 Å². The summed E-state index contributed by atoms with van der Waals surface area (Å²) in [4.78, 5) is 0. The number of hydrogen-bond acceptors (Lipinski definition) is 0. The first-order chi connectivity index (χ1) is 5.54. The summed E-state index contributed by atoms with van der Waals surface area (Å²) in [5, 5.41) is 0. The van der Waals surface area contributed by atoms with Gasteiger partial charge in [0.2, 0.25) is 0 Å². The van der Waals surface area contributed by atoms with Crippen LogP contribution in [0.25, 0.3) is 0 Å². The van der Waals surface area contributed by atoms with E-state index in [0.717, 1.165) is 6.42 Å². The average molecular weight is 176 g/mol. The zero-order valence-electron chi connectivity index (χ0n) is 6.69. The van der Waals surface area contributed by atoms with Gasteiger partial charge in [-0.25, -0.2) is 0 Å². The standard InChI is InChI=1S/C9H11F3/c1-2-7-4-3-5-8(6-7)9(10,11)12/h1,7-8H,3-6H2/t7-,8-/m1/s1. The lowest BCUT2D eigenvalue weighted by molar-refractivity contribution is -0.184. The van der Waals surface area contributed by atoms with Gasteiger partial charge in [0.25, 0.3) is 0 Å². The van der Waals surface area contributed by atoms with E-state index in [9.17, 15) is 13.2 Å². The fraction of sp³-hybridized carbons (Fsp3) is 0.778. The van der Waals surface area contributed by atoms with E-state index >= 15 is 0 Å². The number of hydrogen-bond donors (Lipinski definition) is 0. The van der Waals surface area contributed by atoms with Gasteiger partial charge in [-0.05, 0) is 19.3 Å². The molecule has 3 heteroatoms. The summed E-state index contributed by atoms with van der Waals surface area (Å²) < 4.78 is 36.5. The molecule has 0 heterocycles. The van der Waals surface area contributed by atoms with Gasteiger partial charge in [-0.2, -0.15) is 13.2 Å². The van der Waals surface area contributed by atoms with E-state index in [2.05, 4.69) is 5.92 Å². The number of alkyl halides is 3. The van der Waals surface area contributed by atoms with Crippen LogP contribution in [0, 0.1) is 24.2 Å². The highest BCUT2D eigenvalue weighted by Crippen LogP contribution is 2.39. The van der Waals surface area contributed by atoms with Crippen molar-refractivity contribution in [2.45, 2.75) is 31.9 Å². The molecular formula is C9H11F3. The molecule has 0 aromatic heterocycles. The summed E-state index contributed by atoms with van der Waals surface area (Å²) in [7, 11) is 0. The summed E-state index contributed by atoms with van der Waals surface area (Å²) in [5.74, 6) is 1.08. The Morgan fingerprint density at radius 3 is 2.42 bits per heavy atom. The van der Waals surface area contributed by atoms with Crippen LogP contribution in [-0.4, -0.2) is 6.18 Å². The Morgan fingerprint density at radius 2 is 1.92 bits per heavy atom. The van der Waals surface area contributed by atoms with Crippen LogP contribution in [0.15, 0.2) is 0 Å². The van der Waals surface area contributed by atoms with Crippen LogP contribution < -0.4 is 0 Å². The summed E-state index contributed by atoms with van der Waals surface area (Å²) >= 11 is 0. The Balaban J connectivity index is 2.53. The fourth-order valence-corrected chi connectivity index (χ4v) is 1.64. The largest absolute Gasteiger partial charge is 0.391 e. The molecule has 1 rings (SSSR count). The van der Waals surface area contributed by atoms with Crippen LogP contribution in [0.2, 0.25) is 0 Å². The topological polar surface area (TPSA) is 0 Å². The minimum atomic E-state index is -4.05. The normalized spacial score (nSPS) is 31.2. The second-order valence-corrected chi connectivity index (χ2v) is 3.27. The van der Waals surface area contributed by atoms with Crippen molar-refractivity contribution < 1.29 is 13.2 Å². The van der Waals surface area contributed by atoms with Crippen LogP contribution in [-0.2, 0) is 0 Å². The van der Waals surface area contributed by atoms with Gasteiger partial charge in [0.05, 0.1) is 5.92 Å². The molecule has 0 nitrogen and oxygen atoms in total. The lowest BCUT2D eigenvalue weighted by Gasteiger charge is -2.27. The van der Waals surface area contributed by atoms with Gasteiger partial charge >= 0.3 is 6.18 Å². The molecule has 1 saturated carbocycles. The predicted octanol–water partition coefficient (Wildman–Crippen LogP) is 2.99. The molecule has 0 aromatic rings. The van der Waals surface area contributed by atoms with Crippen molar-refractivity contribution in [2.75, 3.05) is 0 Å². The molecule has 0 unspecified atom stereocenters. The third-order valence-corrected chi connectivity index (χ3v) is 2.37. The molecule has 0 spiro atoms. The molecule has 68 valence electrons. The van der Waals surface area contributed by atoms with Gasteiger partial charge in [0.15, 0.2) is 0 Å². The molecule has 1 aliphatic rings. The minimum absolute atomic E-state index is 0.125. The lowest BCUT2D eigenvalue weighted by atomic mass is 9.81. The van der Waals surface area contributed by atoms with Gasteiger partial charge in [0.1, 0.15) is 0 Å². The fourth-order valence-electron chi connectivity index (χ4n) is 1.64. The maximum Gasteiger partial charge on any atom is 0.391 e. The maximum absolute atomic E-state index is 12.2. The van der Waals surface area contributed by atoms with Crippen molar-refractivity contribution in [1.29, 1.82) is 0 Å². The second kappa shape index (κ2) is 3.38. The third-order valence-electron chi connectivity index (χ3n) is 2.37. The molecule has 0 bridgehead atoms. The zero-order chi connectivity index (χ0) is 9.19. The Kier molecular flexibility index (Phi) is 2.66. The summed E-state index contributed by atoms with van der Waals surface area (Å²) in [5.41, 5.74) is 0. The Bertz CT molecular complexity index is 187. The Morgan fingerprint density at radius 1 is 1.25 bits per heavy atom. The number of terminal acetylenes is 1. The molecular weight excluding hydrogens is 165 g/mol. The Hall–Kier alpha value is -0.650. The molecule has 1 fully saturated rings. The molecule has 0 saturated heterocycles. The smallest absolute Gasteiger partial charge is 0.171 e. The monoisotopic (exact) mass is 176 g/mol. The van der Waals surface area contributed by atoms with Crippen LogP contribution >= 0.6 is 0 Å². The van der Waals surface area contributed by atoms with E-state index in [1.807, 2.05) is 0 Å². The zero-order valence-corrected chi connectivity index (χ0v) is 6.69. The maximum atomic E-state index is 12.2. The van der Waals surface area contributed by atoms with Crippen LogP contribution in [0.3, 0.4) is 0 Å². The van der Waals surface area contributed by atoms with Gasteiger partial charge in [-0.15, -0.1) is 12.3 Å². The van der Waals surface area contributed by atoms with Crippen LogP contribution in [0.1, 0.15) is 25.7 Å². The number of halogens is 3. The SMILES string of the molecule is C#C[C@@H]1CCC[C@@H](C(F)(F)F)C1. The van der Waals surface area contributed by atoms with Crippen molar-refractivity contribution in [3.05, 3.63) is 0 Å². The summed E-state index contributed by atoms with van der Waals surface area (Å²) in [6, 6.07) is 0. The van der Waals surface area contributed by atoms with Gasteiger partial charge in [-0.3, -0.25) is 0 Å². The molecule has 0 aliphatic heterocycles. The quantitative estimate of drug-likeness (QED) is 0.498. The molecule has 0 radical (unpaired) electrons. The second-order valence-electron chi connectivity index (χ2n) is 3.27. The minimum Gasteiger partial charge on any atom is -0.171 e. The van der Waals surface area contributed by atoms with E-state index in [-0.39, 0.29) is 18.8 Å². The highest BCUT2D eigenvalue weighted by Gasteiger charge is 2.41. The van der Waals surface area contributed by atoms with Crippen molar-refractivity contribution >= 4 is 0 Å². The first kappa shape index (κ1) is 9.44. The molecule has 0 aromatic carbocycles. The third kappa shape index (κ3) is 2.17. The highest BCUT2D eigenvalue weighted by molar-refractivity contribution is 4.96. The molecule has 2 atom stereocenters. The first-order valence-corrected chi connectivity index (χ1v) is 4.07. The highest BCUT2D eigenvalue weighted by atomic mass is 19.4. The van der Waals surface area contributed by atoms with Crippen molar-refractivity contribution in [3.8, 4) is 12.3 Å². The van der Waals surface area contributed by atoms with Gasteiger partial charge in [-0.1, -0.05) is 6.42 Å². The molecule has 1 aliphatic carbocycles. The van der Waals surface area contributed by atoms with Crippen molar-refractivity contribution in [1.82, 2.24) is 0 Å².